The van der Waals surface area contributed by atoms with Crippen molar-refractivity contribution >= 4 is 29.9 Å². The summed E-state index contributed by atoms with van der Waals surface area (Å²) in [5, 5.41) is 11.2. The zero-order valence-electron chi connectivity index (χ0n) is 17.7. The lowest BCUT2D eigenvalue weighted by atomic mass is 10.1. The minimum atomic E-state index is -0.365. The van der Waals surface area contributed by atoms with Crippen molar-refractivity contribution in [2.75, 3.05) is 20.3 Å². The Hall–Kier alpha value is -1.95. The summed E-state index contributed by atoms with van der Waals surface area (Å²) in [6.45, 7) is 6.53. The number of hydrogen-bond acceptors (Lipinski definition) is 5. The van der Waals surface area contributed by atoms with Crippen molar-refractivity contribution in [1.82, 2.24) is 25.4 Å². The van der Waals surface area contributed by atoms with Gasteiger partial charge in [-0.3, -0.25) is 0 Å². The number of fused-ring (bicyclic) bond motifs is 1. The highest BCUT2D eigenvalue weighted by molar-refractivity contribution is 14.0. The van der Waals surface area contributed by atoms with Crippen LogP contribution >= 0.6 is 24.0 Å². The van der Waals surface area contributed by atoms with Crippen molar-refractivity contribution in [3.05, 3.63) is 41.2 Å². The van der Waals surface area contributed by atoms with Gasteiger partial charge in [0.05, 0.1) is 19.7 Å². The highest BCUT2D eigenvalue weighted by Gasteiger charge is 2.22. The van der Waals surface area contributed by atoms with Gasteiger partial charge in [0.15, 0.2) is 23.4 Å². The Labute approximate surface area is 193 Å². The fraction of sp³-hybridized carbons (Fsp3) is 0.550. The van der Waals surface area contributed by atoms with Gasteiger partial charge >= 0.3 is 0 Å². The SMILES string of the molecule is CCNC(=NCc1ccc(OCC)c(F)c1)NC1CCc2nc(COC)nn2C1.I. The third-order valence-electron chi connectivity index (χ3n) is 4.58. The average Bonchev–Trinajstić information content (AvgIpc) is 3.10. The van der Waals surface area contributed by atoms with E-state index in [2.05, 4.69) is 25.7 Å². The summed E-state index contributed by atoms with van der Waals surface area (Å²) in [4.78, 5) is 9.11. The van der Waals surface area contributed by atoms with E-state index in [1.54, 1.807) is 13.2 Å². The Morgan fingerprint density at radius 1 is 1.37 bits per heavy atom. The second-order valence-corrected chi connectivity index (χ2v) is 6.83. The van der Waals surface area contributed by atoms with Crippen LogP contribution in [-0.2, 0) is 30.9 Å². The topological polar surface area (TPSA) is 85.6 Å². The van der Waals surface area contributed by atoms with Gasteiger partial charge in [-0.1, -0.05) is 6.07 Å². The number of aromatic nitrogens is 3. The van der Waals surface area contributed by atoms with Crippen LogP contribution < -0.4 is 15.4 Å². The molecule has 0 fully saturated rings. The normalized spacial score (nSPS) is 15.9. The van der Waals surface area contributed by atoms with Gasteiger partial charge < -0.3 is 20.1 Å². The van der Waals surface area contributed by atoms with Crippen molar-refractivity contribution in [2.24, 2.45) is 4.99 Å². The van der Waals surface area contributed by atoms with Crippen LogP contribution in [-0.4, -0.2) is 47.0 Å². The van der Waals surface area contributed by atoms with Gasteiger partial charge in [-0.25, -0.2) is 19.0 Å². The second-order valence-electron chi connectivity index (χ2n) is 6.83. The maximum Gasteiger partial charge on any atom is 0.191 e. The molecule has 1 atom stereocenters. The van der Waals surface area contributed by atoms with Crippen molar-refractivity contribution in [3.63, 3.8) is 0 Å². The molecule has 1 aliphatic rings. The lowest BCUT2D eigenvalue weighted by Gasteiger charge is -2.25. The second kappa shape index (κ2) is 12.0. The number of rotatable bonds is 8. The van der Waals surface area contributed by atoms with Gasteiger partial charge in [0.25, 0.3) is 0 Å². The molecule has 0 amide bonds. The first-order chi connectivity index (χ1) is 14.1. The van der Waals surface area contributed by atoms with Crippen LogP contribution in [0.2, 0.25) is 0 Å². The van der Waals surface area contributed by atoms with E-state index in [0.717, 1.165) is 30.8 Å². The Morgan fingerprint density at radius 2 is 2.20 bits per heavy atom. The number of aliphatic imine (C=N–C) groups is 1. The molecule has 2 aromatic rings. The van der Waals surface area contributed by atoms with Gasteiger partial charge in [-0.15, -0.1) is 24.0 Å². The van der Waals surface area contributed by atoms with E-state index in [-0.39, 0.29) is 41.6 Å². The number of nitrogens with one attached hydrogen (secondary N) is 2. The minimum Gasteiger partial charge on any atom is -0.491 e. The van der Waals surface area contributed by atoms with Crippen LogP contribution in [0.25, 0.3) is 0 Å². The summed E-state index contributed by atoms with van der Waals surface area (Å²) in [7, 11) is 1.64. The molecular weight excluding hydrogens is 502 g/mol. The van der Waals surface area contributed by atoms with Gasteiger partial charge in [-0.05, 0) is 38.0 Å². The zero-order chi connectivity index (χ0) is 20.6. The van der Waals surface area contributed by atoms with Crippen molar-refractivity contribution in [2.45, 2.75) is 52.4 Å². The number of guanidine groups is 1. The van der Waals surface area contributed by atoms with Crippen LogP contribution in [0, 0.1) is 5.82 Å². The average molecular weight is 532 g/mol. The van der Waals surface area contributed by atoms with Crippen molar-refractivity contribution in [1.29, 1.82) is 0 Å². The highest BCUT2D eigenvalue weighted by atomic mass is 127. The molecule has 1 aromatic carbocycles. The predicted octanol–water partition coefficient (Wildman–Crippen LogP) is 2.65. The fourth-order valence-electron chi connectivity index (χ4n) is 3.27. The van der Waals surface area contributed by atoms with E-state index >= 15 is 0 Å². The predicted molar refractivity (Wildman–Crippen MR) is 124 cm³/mol. The van der Waals surface area contributed by atoms with Gasteiger partial charge in [0, 0.05) is 26.1 Å². The molecule has 0 radical (unpaired) electrons. The molecule has 2 N–H and O–H groups in total. The molecule has 10 heteroatoms. The number of halogens is 2. The molecule has 1 aliphatic heterocycles. The van der Waals surface area contributed by atoms with E-state index in [0.29, 0.717) is 38.1 Å². The molecule has 3 rings (SSSR count). The molecule has 2 heterocycles. The molecule has 0 saturated heterocycles. The fourth-order valence-corrected chi connectivity index (χ4v) is 3.27. The lowest BCUT2D eigenvalue weighted by molar-refractivity contribution is 0.177. The van der Waals surface area contributed by atoms with Gasteiger partial charge in [-0.2, -0.15) is 5.10 Å². The quantitative estimate of drug-likeness (QED) is 0.309. The number of benzene rings is 1. The molecule has 1 aromatic heterocycles. The number of nitrogens with zero attached hydrogens (tertiary/aromatic N) is 4. The third-order valence-corrected chi connectivity index (χ3v) is 4.58. The zero-order valence-corrected chi connectivity index (χ0v) is 20.0. The maximum atomic E-state index is 14.1. The van der Waals surface area contributed by atoms with Crippen LogP contribution in [0.4, 0.5) is 4.39 Å². The van der Waals surface area contributed by atoms with Crippen LogP contribution in [0.1, 0.15) is 37.5 Å². The first kappa shape index (κ1) is 24.3. The van der Waals surface area contributed by atoms with E-state index in [9.17, 15) is 4.39 Å². The van der Waals surface area contributed by atoms with Crippen LogP contribution in [0.5, 0.6) is 5.75 Å². The van der Waals surface area contributed by atoms with Gasteiger partial charge in [0.2, 0.25) is 0 Å². The number of ether oxygens (including phenoxy) is 2. The Bertz CT molecular complexity index is 845. The molecule has 0 aliphatic carbocycles. The van der Waals surface area contributed by atoms with Crippen molar-refractivity contribution in [3.8, 4) is 5.75 Å². The van der Waals surface area contributed by atoms with E-state index in [4.69, 9.17) is 9.47 Å². The maximum absolute atomic E-state index is 14.1. The number of hydrogen-bond donors (Lipinski definition) is 2. The smallest absolute Gasteiger partial charge is 0.191 e. The largest absolute Gasteiger partial charge is 0.491 e. The summed E-state index contributed by atoms with van der Waals surface area (Å²) in [5.41, 5.74) is 0.787. The summed E-state index contributed by atoms with van der Waals surface area (Å²) in [5.74, 6) is 2.30. The van der Waals surface area contributed by atoms with E-state index in [1.165, 1.54) is 6.07 Å². The Balaban J connectivity index is 0.00000320. The Morgan fingerprint density at radius 3 is 2.90 bits per heavy atom. The van der Waals surface area contributed by atoms with Crippen LogP contribution in [0.15, 0.2) is 23.2 Å². The summed E-state index contributed by atoms with van der Waals surface area (Å²) in [6, 6.07) is 5.14. The summed E-state index contributed by atoms with van der Waals surface area (Å²) >= 11 is 0. The van der Waals surface area contributed by atoms with Gasteiger partial charge in [0.1, 0.15) is 12.4 Å². The van der Waals surface area contributed by atoms with Crippen molar-refractivity contribution < 1.29 is 13.9 Å². The van der Waals surface area contributed by atoms with E-state index in [1.807, 2.05) is 24.6 Å². The molecule has 166 valence electrons. The lowest BCUT2D eigenvalue weighted by Crippen LogP contribution is -2.47. The molecule has 8 nitrogen and oxygen atoms in total. The summed E-state index contributed by atoms with van der Waals surface area (Å²) < 4.78 is 26.3. The number of methoxy groups -OCH3 is 1. The molecule has 0 bridgehead atoms. The first-order valence-corrected chi connectivity index (χ1v) is 10.0. The molecule has 30 heavy (non-hydrogen) atoms. The molecular formula is C20H30FIN6O2. The first-order valence-electron chi connectivity index (χ1n) is 10.0. The number of aryl methyl sites for hydroxylation is 1. The third kappa shape index (κ3) is 6.53. The Kier molecular flexibility index (Phi) is 9.76. The minimum absolute atomic E-state index is 0. The molecule has 0 spiro atoms. The van der Waals surface area contributed by atoms with Crippen LogP contribution in [0.3, 0.4) is 0 Å². The standard InChI is InChI=1S/C20H29FN6O2.HI/c1-4-22-20(23-11-14-6-8-17(29-5-2)16(21)10-14)24-15-7-9-19-25-18(13-28-3)26-27(19)12-15;/h6,8,10,15H,4-5,7,9,11-13H2,1-3H3,(H2,22,23,24);1H. The summed E-state index contributed by atoms with van der Waals surface area (Å²) in [6.07, 6.45) is 1.78. The highest BCUT2D eigenvalue weighted by Crippen LogP contribution is 2.19. The monoisotopic (exact) mass is 532 g/mol. The molecule has 1 unspecified atom stereocenters. The molecule has 0 saturated carbocycles. The van der Waals surface area contributed by atoms with E-state index < -0.39 is 0 Å².